The Morgan fingerprint density at radius 3 is 2.05 bits per heavy atom. The van der Waals surface area contributed by atoms with Crippen LogP contribution in [0.3, 0.4) is 0 Å². The van der Waals surface area contributed by atoms with Gasteiger partial charge in [-0.05, 0) is 11.8 Å². The van der Waals surface area contributed by atoms with E-state index >= 15 is 0 Å². The van der Waals surface area contributed by atoms with E-state index in [1.807, 2.05) is 0 Å². The number of hydrogen-bond donors (Lipinski definition) is 2. The first-order valence-corrected chi connectivity index (χ1v) is 7.19. The lowest BCUT2D eigenvalue weighted by molar-refractivity contribution is -0.132. The number of amides is 1. The van der Waals surface area contributed by atoms with Crippen LogP contribution in [0, 0.1) is 11.8 Å². The highest BCUT2D eigenvalue weighted by Crippen LogP contribution is 2.05. The predicted octanol–water partition coefficient (Wildman–Crippen LogP) is 0.788. The minimum Gasteiger partial charge on any atom is -0.379 e. The maximum Gasteiger partial charge on any atom is 0.246 e. The Morgan fingerprint density at radius 2 is 1.68 bits per heavy atom. The van der Waals surface area contributed by atoms with E-state index in [2.05, 4.69) is 38.3 Å². The van der Waals surface area contributed by atoms with Crippen LogP contribution in [-0.2, 0) is 14.3 Å². The lowest BCUT2D eigenvalue weighted by atomic mass is 10.0. The second kappa shape index (κ2) is 8.51. The van der Waals surface area contributed by atoms with Crippen LogP contribution in [0.4, 0.5) is 0 Å². The highest BCUT2D eigenvalue weighted by atomic mass is 16.5. The van der Waals surface area contributed by atoms with Crippen molar-refractivity contribution in [2.75, 3.05) is 33.0 Å². The van der Waals surface area contributed by atoms with Crippen LogP contribution in [0.25, 0.3) is 0 Å². The Morgan fingerprint density at radius 1 is 1.05 bits per heavy atom. The molecule has 0 aromatic rings. The van der Waals surface area contributed by atoms with E-state index < -0.39 is 0 Å². The monoisotopic (exact) mass is 272 g/mol. The quantitative estimate of drug-likeness (QED) is 0.780. The summed E-state index contributed by atoms with van der Waals surface area (Å²) in [5.74, 6) is 1.17. The van der Waals surface area contributed by atoms with Gasteiger partial charge in [-0.25, -0.2) is 0 Å². The Hall–Kier alpha value is -0.650. The molecule has 2 atom stereocenters. The van der Waals surface area contributed by atoms with Gasteiger partial charge in [-0.2, -0.15) is 0 Å². The molecule has 112 valence electrons. The molecule has 2 saturated heterocycles. The van der Waals surface area contributed by atoms with Gasteiger partial charge in [0.2, 0.25) is 5.91 Å². The Kier molecular flexibility index (Phi) is 7.34. The summed E-state index contributed by atoms with van der Waals surface area (Å²) in [6, 6.07) is 0.792. The molecule has 0 aromatic heterocycles. The average molecular weight is 272 g/mol. The van der Waals surface area contributed by atoms with Gasteiger partial charge in [-0.15, -0.1) is 0 Å². The smallest absolute Gasteiger partial charge is 0.246 e. The fraction of sp³-hybridized carbons (Fsp3) is 0.929. The van der Waals surface area contributed by atoms with E-state index in [0.717, 1.165) is 19.8 Å². The third kappa shape index (κ3) is 6.36. The number of ether oxygens (including phenoxy) is 2. The number of rotatable bonds is 2. The van der Waals surface area contributed by atoms with Crippen molar-refractivity contribution in [1.82, 2.24) is 10.6 Å². The SMILES string of the molecule is CC(C)C1COCC(=O)N1.CC(C)C1COCCN1. The first kappa shape index (κ1) is 16.4. The van der Waals surface area contributed by atoms with Crippen molar-refractivity contribution in [2.45, 2.75) is 39.8 Å². The van der Waals surface area contributed by atoms with Crippen LogP contribution in [0.1, 0.15) is 27.7 Å². The number of morpholine rings is 2. The van der Waals surface area contributed by atoms with Crippen LogP contribution in [0.5, 0.6) is 0 Å². The molecule has 1 amide bonds. The van der Waals surface area contributed by atoms with Crippen molar-refractivity contribution in [3.63, 3.8) is 0 Å². The van der Waals surface area contributed by atoms with Gasteiger partial charge in [0.25, 0.3) is 0 Å². The summed E-state index contributed by atoms with van der Waals surface area (Å²) in [4.78, 5) is 10.7. The molecule has 19 heavy (non-hydrogen) atoms. The van der Waals surface area contributed by atoms with Gasteiger partial charge in [-0.3, -0.25) is 4.79 Å². The van der Waals surface area contributed by atoms with Crippen molar-refractivity contribution in [3.05, 3.63) is 0 Å². The molecule has 2 aliphatic heterocycles. The van der Waals surface area contributed by atoms with Crippen LogP contribution in [-0.4, -0.2) is 51.0 Å². The summed E-state index contributed by atoms with van der Waals surface area (Å²) in [5.41, 5.74) is 0. The fourth-order valence-electron chi connectivity index (χ4n) is 1.94. The second-order valence-electron chi connectivity index (χ2n) is 5.81. The average Bonchev–Trinajstić information content (AvgIpc) is 2.40. The van der Waals surface area contributed by atoms with E-state index in [4.69, 9.17) is 9.47 Å². The van der Waals surface area contributed by atoms with Gasteiger partial charge in [0.05, 0.1) is 25.9 Å². The van der Waals surface area contributed by atoms with Crippen molar-refractivity contribution >= 4 is 5.91 Å². The van der Waals surface area contributed by atoms with Crippen LogP contribution in [0.15, 0.2) is 0 Å². The van der Waals surface area contributed by atoms with Crippen molar-refractivity contribution in [1.29, 1.82) is 0 Å². The molecule has 2 fully saturated rings. The lowest BCUT2D eigenvalue weighted by Crippen LogP contribution is -2.48. The van der Waals surface area contributed by atoms with Crippen molar-refractivity contribution < 1.29 is 14.3 Å². The fourth-order valence-corrected chi connectivity index (χ4v) is 1.94. The summed E-state index contributed by atoms with van der Waals surface area (Å²) < 4.78 is 10.3. The molecule has 5 heteroatoms. The summed E-state index contributed by atoms with van der Waals surface area (Å²) in [6.07, 6.45) is 0. The zero-order valence-electron chi connectivity index (χ0n) is 12.6. The molecule has 0 aliphatic carbocycles. The molecule has 2 rings (SSSR count). The Bertz CT molecular complexity index is 263. The highest BCUT2D eigenvalue weighted by molar-refractivity contribution is 5.78. The lowest BCUT2D eigenvalue weighted by Gasteiger charge is -2.26. The van der Waals surface area contributed by atoms with Crippen LogP contribution >= 0.6 is 0 Å². The summed E-state index contributed by atoms with van der Waals surface area (Å²) in [6.45, 7) is 12.2. The molecule has 2 heterocycles. The minimum atomic E-state index is 0.00458. The summed E-state index contributed by atoms with van der Waals surface area (Å²) in [7, 11) is 0. The number of carbonyl (C=O) groups is 1. The van der Waals surface area contributed by atoms with Gasteiger partial charge in [-0.1, -0.05) is 27.7 Å². The second-order valence-corrected chi connectivity index (χ2v) is 5.81. The third-order valence-electron chi connectivity index (χ3n) is 3.44. The zero-order valence-corrected chi connectivity index (χ0v) is 12.6. The molecule has 0 bridgehead atoms. The number of hydrogen-bond acceptors (Lipinski definition) is 4. The highest BCUT2D eigenvalue weighted by Gasteiger charge is 2.20. The number of carbonyl (C=O) groups excluding carboxylic acids is 1. The van der Waals surface area contributed by atoms with Gasteiger partial charge < -0.3 is 20.1 Å². The molecule has 0 saturated carbocycles. The standard InChI is InChI=1S/C7H13NO2.C7H15NO/c1-5(2)6-3-10-4-7(9)8-6;1-6(2)7-5-9-4-3-8-7/h5-6H,3-4H2,1-2H3,(H,8,9);6-8H,3-5H2,1-2H3. The van der Waals surface area contributed by atoms with Crippen LogP contribution < -0.4 is 10.6 Å². The zero-order chi connectivity index (χ0) is 14.3. The van der Waals surface area contributed by atoms with E-state index in [1.165, 1.54) is 0 Å². The maximum absolute atomic E-state index is 10.7. The molecule has 5 nitrogen and oxygen atoms in total. The first-order valence-electron chi connectivity index (χ1n) is 7.19. The molecular formula is C14H28N2O3. The van der Waals surface area contributed by atoms with E-state index in [0.29, 0.717) is 24.5 Å². The number of nitrogens with one attached hydrogen (secondary N) is 2. The van der Waals surface area contributed by atoms with E-state index in [1.54, 1.807) is 0 Å². The van der Waals surface area contributed by atoms with Crippen molar-refractivity contribution in [3.8, 4) is 0 Å². The van der Waals surface area contributed by atoms with Gasteiger partial charge >= 0.3 is 0 Å². The van der Waals surface area contributed by atoms with Crippen LogP contribution in [0.2, 0.25) is 0 Å². The summed E-state index contributed by atoms with van der Waals surface area (Å²) >= 11 is 0. The first-order chi connectivity index (χ1) is 9.00. The molecule has 0 radical (unpaired) electrons. The molecule has 0 spiro atoms. The topological polar surface area (TPSA) is 59.6 Å². The normalized spacial score (nSPS) is 27.8. The van der Waals surface area contributed by atoms with Gasteiger partial charge in [0, 0.05) is 12.6 Å². The largest absolute Gasteiger partial charge is 0.379 e. The molecule has 2 aliphatic rings. The van der Waals surface area contributed by atoms with Crippen molar-refractivity contribution in [2.24, 2.45) is 11.8 Å². The minimum absolute atomic E-state index is 0.00458. The predicted molar refractivity (Wildman–Crippen MR) is 75.0 cm³/mol. The van der Waals surface area contributed by atoms with E-state index in [-0.39, 0.29) is 18.6 Å². The molecule has 2 unspecified atom stereocenters. The van der Waals surface area contributed by atoms with E-state index in [9.17, 15) is 4.79 Å². The Balaban J connectivity index is 0.000000191. The van der Waals surface area contributed by atoms with Gasteiger partial charge in [0.15, 0.2) is 0 Å². The molecular weight excluding hydrogens is 244 g/mol. The Labute approximate surface area is 116 Å². The maximum atomic E-state index is 10.7. The summed E-state index contributed by atoms with van der Waals surface area (Å²) in [5, 5.41) is 6.25. The van der Waals surface area contributed by atoms with Gasteiger partial charge in [0.1, 0.15) is 6.61 Å². The molecule has 0 aromatic carbocycles. The third-order valence-corrected chi connectivity index (χ3v) is 3.44. The molecule has 2 N–H and O–H groups in total.